The first-order valence-corrected chi connectivity index (χ1v) is 11.5. The molecule has 5 rings (SSSR count). The highest BCUT2D eigenvalue weighted by molar-refractivity contribution is 5.94. The molecular formula is C29H25N5O. The molecule has 6 heteroatoms. The maximum absolute atomic E-state index is 12.5. The summed E-state index contributed by atoms with van der Waals surface area (Å²) in [5.74, 6) is 6.90. The van der Waals surface area contributed by atoms with Gasteiger partial charge in [0.05, 0.1) is 17.4 Å². The smallest absolute Gasteiger partial charge is 0.242 e. The number of fused-ring (bicyclic) bond motifs is 2. The van der Waals surface area contributed by atoms with E-state index >= 15 is 0 Å². The van der Waals surface area contributed by atoms with E-state index in [9.17, 15) is 4.79 Å². The molecule has 1 amide bonds. The number of aromatic nitrogens is 3. The summed E-state index contributed by atoms with van der Waals surface area (Å²) < 4.78 is 2.04. The fourth-order valence-electron chi connectivity index (χ4n) is 4.08. The van der Waals surface area contributed by atoms with E-state index in [0.29, 0.717) is 11.5 Å². The van der Waals surface area contributed by atoms with E-state index in [1.165, 1.54) is 0 Å². The van der Waals surface area contributed by atoms with Crippen LogP contribution < -0.4 is 10.6 Å². The van der Waals surface area contributed by atoms with Crippen molar-refractivity contribution < 1.29 is 4.79 Å². The van der Waals surface area contributed by atoms with Gasteiger partial charge in [-0.25, -0.2) is 9.97 Å². The molecular weight excluding hydrogens is 434 g/mol. The number of pyridine rings is 2. The first-order valence-electron chi connectivity index (χ1n) is 11.5. The molecule has 1 atom stereocenters. The number of likely N-dealkylation sites (N-methyl/N-ethyl adjacent to an activating group) is 1. The lowest BCUT2D eigenvalue weighted by Gasteiger charge is -2.12. The van der Waals surface area contributed by atoms with Crippen LogP contribution in [0.25, 0.3) is 27.7 Å². The zero-order chi connectivity index (χ0) is 24.4. The van der Waals surface area contributed by atoms with Gasteiger partial charge in [0.25, 0.3) is 0 Å². The Morgan fingerprint density at radius 2 is 1.74 bits per heavy atom. The summed E-state index contributed by atoms with van der Waals surface area (Å²) in [7, 11) is 1.75. The number of amides is 1. The molecule has 0 saturated heterocycles. The van der Waals surface area contributed by atoms with Crippen molar-refractivity contribution in [1.82, 2.24) is 19.7 Å². The summed E-state index contributed by atoms with van der Waals surface area (Å²) in [6.45, 7) is 3.78. The van der Waals surface area contributed by atoms with Gasteiger partial charge >= 0.3 is 0 Å². The predicted octanol–water partition coefficient (Wildman–Crippen LogP) is 4.80. The van der Waals surface area contributed by atoms with Gasteiger partial charge in [0, 0.05) is 17.3 Å². The summed E-state index contributed by atoms with van der Waals surface area (Å²) in [5, 5.41) is 8.04. The Labute approximate surface area is 204 Å². The second-order valence-electron chi connectivity index (χ2n) is 8.34. The number of carbonyl (C=O) groups excluding carboxylic acids is 1. The molecule has 0 bridgehead atoms. The third-order valence-electron chi connectivity index (χ3n) is 6.04. The van der Waals surface area contributed by atoms with E-state index in [-0.39, 0.29) is 11.9 Å². The highest BCUT2D eigenvalue weighted by atomic mass is 16.2. The second kappa shape index (κ2) is 9.41. The predicted molar refractivity (Wildman–Crippen MR) is 140 cm³/mol. The van der Waals surface area contributed by atoms with Gasteiger partial charge in [0.15, 0.2) is 0 Å². The van der Waals surface area contributed by atoms with Gasteiger partial charge < -0.3 is 10.6 Å². The fourth-order valence-corrected chi connectivity index (χ4v) is 4.08. The van der Waals surface area contributed by atoms with Crippen LogP contribution >= 0.6 is 0 Å². The average molecular weight is 460 g/mol. The van der Waals surface area contributed by atoms with Gasteiger partial charge in [0.1, 0.15) is 17.2 Å². The SMILES string of the molecule is CNC(C)C(=O)Nc1ccc(-c2c(C)nc3ccccn23)c(C#Cc2cccc3ccccc23)n1. The number of anilines is 1. The number of carbonyl (C=O) groups is 1. The Morgan fingerprint density at radius 3 is 2.60 bits per heavy atom. The normalized spacial score (nSPS) is 11.7. The molecule has 0 spiro atoms. The van der Waals surface area contributed by atoms with Crippen molar-refractivity contribution in [3.05, 3.63) is 95.9 Å². The van der Waals surface area contributed by atoms with Crippen LogP contribution in [0.2, 0.25) is 0 Å². The summed E-state index contributed by atoms with van der Waals surface area (Å²) in [5.41, 5.74) is 5.01. The molecule has 3 aromatic heterocycles. The van der Waals surface area contributed by atoms with Crippen LogP contribution in [0, 0.1) is 18.8 Å². The molecule has 0 aliphatic carbocycles. The number of imidazole rings is 1. The largest absolute Gasteiger partial charge is 0.309 e. The minimum Gasteiger partial charge on any atom is -0.309 e. The summed E-state index contributed by atoms with van der Waals surface area (Å²) in [6.07, 6.45) is 1.98. The molecule has 2 aromatic carbocycles. The maximum Gasteiger partial charge on any atom is 0.242 e. The number of rotatable bonds is 4. The topological polar surface area (TPSA) is 71.3 Å². The van der Waals surface area contributed by atoms with Crippen LogP contribution in [-0.4, -0.2) is 33.4 Å². The van der Waals surface area contributed by atoms with Crippen molar-refractivity contribution in [3.8, 4) is 23.1 Å². The van der Waals surface area contributed by atoms with Gasteiger partial charge in [-0.2, -0.15) is 0 Å². The Hall–Kier alpha value is -4.47. The van der Waals surface area contributed by atoms with Crippen molar-refractivity contribution in [2.45, 2.75) is 19.9 Å². The van der Waals surface area contributed by atoms with Gasteiger partial charge in [-0.1, -0.05) is 48.4 Å². The maximum atomic E-state index is 12.5. The van der Waals surface area contributed by atoms with Crippen molar-refractivity contribution in [2.75, 3.05) is 12.4 Å². The minimum atomic E-state index is -0.345. The van der Waals surface area contributed by atoms with E-state index in [0.717, 1.165) is 38.9 Å². The Bertz CT molecular complexity index is 1620. The van der Waals surface area contributed by atoms with Gasteiger partial charge in [0.2, 0.25) is 5.91 Å². The summed E-state index contributed by atoms with van der Waals surface area (Å²) >= 11 is 0. The first kappa shape index (κ1) is 22.3. The van der Waals surface area contributed by atoms with Gasteiger partial charge in [-0.3, -0.25) is 9.20 Å². The molecule has 172 valence electrons. The Balaban J connectivity index is 1.66. The third kappa shape index (κ3) is 4.37. The standard InChI is InChI=1S/C29H25N5O/c1-19-28(34-18-7-6-13-27(34)31-19)24-15-17-26(33-29(35)20(2)30-3)32-25(24)16-14-22-11-8-10-21-9-4-5-12-23(21)22/h4-13,15,17-18,20,30H,1-3H3,(H,32,33,35). The molecule has 0 radical (unpaired) electrons. The molecule has 0 aliphatic rings. The molecule has 0 saturated carbocycles. The number of nitrogens with one attached hydrogen (secondary N) is 2. The van der Waals surface area contributed by atoms with Crippen molar-refractivity contribution in [1.29, 1.82) is 0 Å². The molecule has 0 fully saturated rings. The van der Waals surface area contributed by atoms with Crippen molar-refractivity contribution in [3.63, 3.8) is 0 Å². The minimum absolute atomic E-state index is 0.160. The number of hydrogen-bond acceptors (Lipinski definition) is 4. The highest BCUT2D eigenvalue weighted by Crippen LogP contribution is 2.28. The number of benzene rings is 2. The molecule has 35 heavy (non-hydrogen) atoms. The van der Waals surface area contributed by atoms with Crippen LogP contribution in [0.3, 0.4) is 0 Å². The zero-order valence-corrected chi connectivity index (χ0v) is 19.8. The lowest BCUT2D eigenvalue weighted by Crippen LogP contribution is -2.35. The number of nitrogens with zero attached hydrogens (tertiary/aromatic N) is 3. The summed E-state index contributed by atoms with van der Waals surface area (Å²) in [4.78, 5) is 21.9. The van der Waals surface area contributed by atoms with Gasteiger partial charge in [-0.05, 0) is 67.9 Å². The van der Waals surface area contributed by atoms with E-state index in [2.05, 4.69) is 40.7 Å². The average Bonchev–Trinajstić information content (AvgIpc) is 3.22. The molecule has 0 aliphatic heterocycles. The second-order valence-corrected chi connectivity index (χ2v) is 8.34. The molecule has 5 aromatic rings. The van der Waals surface area contributed by atoms with E-state index in [1.807, 2.05) is 66.1 Å². The van der Waals surface area contributed by atoms with Crippen LogP contribution in [0.1, 0.15) is 23.9 Å². The van der Waals surface area contributed by atoms with E-state index in [4.69, 9.17) is 9.97 Å². The molecule has 1 unspecified atom stereocenters. The highest BCUT2D eigenvalue weighted by Gasteiger charge is 2.17. The van der Waals surface area contributed by atoms with Crippen molar-refractivity contribution in [2.24, 2.45) is 0 Å². The quantitative estimate of drug-likeness (QED) is 0.379. The van der Waals surface area contributed by atoms with Crippen LogP contribution in [0.15, 0.2) is 79.0 Å². The van der Waals surface area contributed by atoms with Crippen LogP contribution in [0.4, 0.5) is 5.82 Å². The molecule has 3 heterocycles. The number of hydrogen-bond donors (Lipinski definition) is 2. The lowest BCUT2D eigenvalue weighted by atomic mass is 10.0. The van der Waals surface area contributed by atoms with E-state index < -0.39 is 0 Å². The van der Waals surface area contributed by atoms with Crippen LogP contribution in [-0.2, 0) is 4.79 Å². The molecule has 2 N–H and O–H groups in total. The fraction of sp³-hybridized carbons (Fsp3) is 0.138. The molecule has 6 nitrogen and oxygen atoms in total. The zero-order valence-electron chi connectivity index (χ0n) is 19.8. The Morgan fingerprint density at radius 1 is 0.943 bits per heavy atom. The van der Waals surface area contributed by atoms with E-state index in [1.54, 1.807) is 20.0 Å². The first-order chi connectivity index (χ1) is 17.0. The number of aryl methyl sites for hydroxylation is 1. The van der Waals surface area contributed by atoms with Crippen molar-refractivity contribution >= 4 is 28.1 Å². The third-order valence-corrected chi connectivity index (χ3v) is 6.04. The van der Waals surface area contributed by atoms with Gasteiger partial charge in [-0.15, -0.1) is 0 Å². The monoisotopic (exact) mass is 459 g/mol. The Kier molecular flexibility index (Phi) is 6.01. The summed E-state index contributed by atoms with van der Waals surface area (Å²) in [6, 6.07) is 23.6. The lowest BCUT2D eigenvalue weighted by molar-refractivity contribution is -0.117. The van der Waals surface area contributed by atoms with Crippen LogP contribution in [0.5, 0.6) is 0 Å².